The number of carbonyl (C=O) groups is 1. The van der Waals surface area contributed by atoms with E-state index in [1.165, 1.54) is 16.6 Å². The molecule has 1 aromatic carbocycles. The lowest BCUT2D eigenvalue weighted by Crippen LogP contribution is -2.31. The van der Waals surface area contributed by atoms with Gasteiger partial charge in [-0.25, -0.2) is 13.6 Å². The predicted molar refractivity (Wildman–Crippen MR) is 104 cm³/mol. The van der Waals surface area contributed by atoms with Gasteiger partial charge in [-0.15, -0.1) is 0 Å². The molecule has 1 fully saturated rings. The van der Waals surface area contributed by atoms with E-state index >= 15 is 4.39 Å². The summed E-state index contributed by atoms with van der Waals surface area (Å²) in [5, 5.41) is 24.5. The minimum Gasteiger partial charge on any atom is -0.477 e. The van der Waals surface area contributed by atoms with Gasteiger partial charge < -0.3 is 30.4 Å². The third-order valence-corrected chi connectivity index (χ3v) is 4.96. The second kappa shape index (κ2) is 7.97. The molecule has 10 nitrogen and oxygen atoms in total. The maximum absolute atomic E-state index is 15.5. The highest BCUT2D eigenvalue weighted by molar-refractivity contribution is 6.10. The Bertz CT molecular complexity index is 1140. The lowest BCUT2D eigenvalue weighted by atomic mass is 10.1. The summed E-state index contributed by atoms with van der Waals surface area (Å²) in [5.74, 6) is -4.52. The third-order valence-electron chi connectivity index (χ3n) is 4.96. The molecule has 0 radical (unpaired) electrons. The first-order chi connectivity index (χ1) is 14.2. The summed E-state index contributed by atoms with van der Waals surface area (Å²) in [6.45, 7) is 1.65. The summed E-state index contributed by atoms with van der Waals surface area (Å²) in [6, 6.07) is 0.818. The number of carboxylic acid groups (broad SMARTS) is 1. The number of nitrogens with two attached hydrogens (primary N) is 1. The van der Waals surface area contributed by atoms with Crippen molar-refractivity contribution in [2.45, 2.75) is 13.5 Å². The molecule has 30 heavy (non-hydrogen) atoms. The van der Waals surface area contributed by atoms with Crippen molar-refractivity contribution in [3.8, 4) is 0 Å². The number of aromatic carboxylic acids is 1. The summed E-state index contributed by atoms with van der Waals surface area (Å²) < 4.78 is 31.7. The van der Waals surface area contributed by atoms with Crippen molar-refractivity contribution in [3.05, 3.63) is 39.7 Å². The van der Waals surface area contributed by atoms with Gasteiger partial charge in [0.05, 0.1) is 29.1 Å². The van der Waals surface area contributed by atoms with Crippen LogP contribution < -0.4 is 16.1 Å². The zero-order valence-corrected chi connectivity index (χ0v) is 16.1. The van der Waals surface area contributed by atoms with E-state index in [1.807, 2.05) is 0 Å². The molecule has 12 heteroatoms. The molecule has 0 amide bonds. The Morgan fingerprint density at radius 1 is 1.43 bits per heavy atom. The first kappa shape index (κ1) is 21.0. The van der Waals surface area contributed by atoms with Crippen molar-refractivity contribution in [1.29, 1.82) is 0 Å². The molecule has 160 valence electrons. The maximum atomic E-state index is 15.5. The third kappa shape index (κ3) is 3.29. The number of benzene rings is 1. The molecule has 1 unspecified atom stereocenters. The van der Waals surface area contributed by atoms with E-state index < -0.39 is 40.2 Å². The van der Waals surface area contributed by atoms with E-state index in [0.29, 0.717) is 5.71 Å². The SMILES string of the molecule is CCn1cc(C(=O)O)c(=O)c2cc(F)c(N3C/C(=N\OC)C(/C(N)=N\O)C3)c(F)c21. The quantitative estimate of drug-likeness (QED) is 0.284. The van der Waals surface area contributed by atoms with Crippen molar-refractivity contribution in [2.24, 2.45) is 22.0 Å². The maximum Gasteiger partial charge on any atom is 0.341 e. The number of rotatable bonds is 5. The van der Waals surface area contributed by atoms with Crippen LogP contribution in [0.3, 0.4) is 0 Å². The van der Waals surface area contributed by atoms with Gasteiger partial charge in [0.2, 0.25) is 5.43 Å². The van der Waals surface area contributed by atoms with Crippen LogP contribution in [0.4, 0.5) is 14.5 Å². The summed E-state index contributed by atoms with van der Waals surface area (Å²) in [7, 11) is 1.29. The zero-order chi connectivity index (χ0) is 22.2. The Morgan fingerprint density at radius 2 is 2.13 bits per heavy atom. The van der Waals surface area contributed by atoms with Crippen LogP contribution >= 0.6 is 0 Å². The van der Waals surface area contributed by atoms with Crippen LogP contribution in [0.5, 0.6) is 0 Å². The number of hydrogen-bond donors (Lipinski definition) is 3. The van der Waals surface area contributed by atoms with Crippen molar-refractivity contribution < 1.29 is 28.7 Å². The van der Waals surface area contributed by atoms with Crippen molar-refractivity contribution in [2.75, 3.05) is 25.1 Å². The summed E-state index contributed by atoms with van der Waals surface area (Å²) in [5.41, 5.74) is 3.73. The highest BCUT2D eigenvalue weighted by atomic mass is 19.1. The fraction of sp³-hybridized carbons (Fsp3) is 0.333. The number of amidine groups is 1. The number of nitrogens with zero attached hydrogens (tertiary/aromatic N) is 4. The van der Waals surface area contributed by atoms with E-state index in [4.69, 9.17) is 15.8 Å². The summed E-state index contributed by atoms with van der Waals surface area (Å²) in [6.07, 6.45) is 1.03. The molecule has 0 spiro atoms. The van der Waals surface area contributed by atoms with Gasteiger partial charge >= 0.3 is 5.97 Å². The van der Waals surface area contributed by atoms with Gasteiger partial charge in [0.1, 0.15) is 30.0 Å². The smallest absolute Gasteiger partial charge is 0.341 e. The van der Waals surface area contributed by atoms with Gasteiger partial charge in [-0.3, -0.25) is 4.79 Å². The lowest BCUT2D eigenvalue weighted by Gasteiger charge is -2.21. The molecule has 2 heterocycles. The number of aromatic nitrogens is 1. The molecule has 1 aliphatic rings. The molecule has 3 rings (SSSR count). The number of aryl methyl sites for hydroxylation is 1. The standard InChI is InChI=1S/C18H19F2N5O5/c1-3-24-6-10(18(27)28)16(26)8-4-11(19)15(13(20)14(8)24)25-5-9(17(21)22-29)12(7-25)23-30-2/h4,6,9,29H,3,5,7H2,1-2H3,(H2,21,22)(H,27,28)/b23-12+. The number of halogens is 2. The molecular formula is C18H19F2N5O5. The van der Waals surface area contributed by atoms with Crippen LogP contribution in [0.2, 0.25) is 0 Å². The van der Waals surface area contributed by atoms with E-state index in [0.717, 1.165) is 12.3 Å². The zero-order valence-electron chi connectivity index (χ0n) is 16.1. The van der Waals surface area contributed by atoms with E-state index in [1.54, 1.807) is 6.92 Å². The molecule has 1 aromatic heterocycles. The van der Waals surface area contributed by atoms with Crippen LogP contribution in [-0.2, 0) is 11.4 Å². The lowest BCUT2D eigenvalue weighted by molar-refractivity contribution is 0.0694. The average Bonchev–Trinajstić information content (AvgIpc) is 3.11. The Kier molecular flexibility index (Phi) is 5.58. The van der Waals surface area contributed by atoms with Crippen LogP contribution in [0.1, 0.15) is 17.3 Å². The number of carboxylic acids is 1. The van der Waals surface area contributed by atoms with Crippen molar-refractivity contribution in [1.82, 2.24) is 4.57 Å². The van der Waals surface area contributed by atoms with Gasteiger partial charge in [-0.05, 0) is 13.0 Å². The predicted octanol–water partition coefficient (Wildman–Crippen LogP) is 1.18. The Hall–Kier alpha value is -3.70. The number of anilines is 1. The molecular weight excluding hydrogens is 404 g/mol. The second-order valence-electron chi connectivity index (χ2n) is 6.60. The molecule has 0 bridgehead atoms. The Balaban J connectivity index is 2.24. The normalized spacial score (nSPS) is 18.4. The highest BCUT2D eigenvalue weighted by Gasteiger charge is 2.36. The first-order valence-corrected chi connectivity index (χ1v) is 8.85. The summed E-state index contributed by atoms with van der Waals surface area (Å²) in [4.78, 5) is 29.8. The molecule has 4 N–H and O–H groups in total. The number of hydrogen-bond acceptors (Lipinski definition) is 7. The Labute approximate surface area is 168 Å². The molecule has 1 aliphatic heterocycles. The number of pyridine rings is 1. The van der Waals surface area contributed by atoms with Crippen molar-refractivity contribution >= 4 is 34.1 Å². The topological polar surface area (TPSA) is 143 Å². The molecule has 1 atom stereocenters. The van der Waals surface area contributed by atoms with Crippen LogP contribution in [0.15, 0.2) is 27.4 Å². The van der Waals surface area contributed by atoms with Crippen LogP contribution in [-0.4, -0.2) is 52.6 Å². The minimum atomic E-state index is -1.49. The van der Waals surface area contributed by atoms with Gasteiger partial charge in [-0.1, -0.05) is 10.3 Å². The molecule has 2 aromatic rings. The van der Waals surface area contributed by atoms with Gasteiger partial charge in [0.15, 0.2) is 5.82 Å². The monoisotopic (exact) mass is 423 g/mol. The fourth-order valence-corrected chi connectivity index (χ4v) is 3.58. The van der Waals surface area contributed by atoms with Crippen LogP contribution in [0.25, 0.3) is 10.9 Å². The van der Waals surface area contributed by atoms with Gasteiger partial charge in [0.25, 0.3) is 0 Å². The van der Waals surface area contributed by atoms with E-state index in [-0.39, 0.29) is 36.4 Å². The average molecular weight is 423 g/mol. The van der Waals surface area contributed by atoms with E-state index in [2.05, 4.69) is 10.3 Å². The minimum absolute atomic E-state index is 0.0546. The first-order valence-electron chi connectivity index (χ1n) is 8.85. The number of oxime groups is 2. The van der Waals surface area contributed by atoms with Crippen molar-refractivity contribution in [3.63, 3.8) is 0 Å². The molecule has 0 saturated carbocycles. The molecule has 0 aliphatic carbocycles. The highest BCUT2D eigenvalue weighted by Crippen LogP contribution is 2.33. The molecule has 1 saturated heterocycles. The van der Waals surface area contributed by atoms with E-state index in [9.17, 15) is 19.1 Å². The van der Waals surface area contributed by atoms with Crippen LogP contribution in [0, 0.1) is 17.6 Å². The Morgan fingerprint density at radius 3 is 2.70 bits per heavy atom. The fourth-order valence-electron chi connectivity index (χ4n) is 3.58. The van der Waals surface area contributed by atoms with Gasteiger partial charge in [-0.2, -0.15) is 0 Å². The largest absolute Gasteiger partial charge is 0.477 e. The number of fused-ring (bicyclic) bond motifs is 1. The second-order valence-corrected chi connectivity index (χ2v) is 6.60. The summed E-state index contributed by atoms with van der Waals surface area (Å²) >= 11 is 0. The van der Waals surface area contributed by atoms with Gasteiger partial charge in [0, 0.05) is 19.3 Å².